The second-order valence-electron chi connectivity index (χ2n) is 5.59. The first-order valence-electron chi connectivity index (χ1n) is 7.87. The molecule has 2 aromatic carbocycles. The Labute approximate surface area is 145 Å². The number of amides is 1. The fraction of sp³-hybridized carbons (Fsp3) is 0.263. The van der Waals surface area contributed by atoms with E-state index in [-0.39, 0.29) is 18.9 Å². The van der Waals surface area contributed by atoms with Crippen LogP contribution in [0.4, 0.5) is 4.39 Å². The Kier molecular flexibility index (Phi) is 6.51. The average Bonchev–Trinajstić information content (AvgIpc) is 2.61. The van der Waals surface area contributed by atoms with Crippen LogP contribution in [0, 0.1) is 5.82 Å². The van der Waals surface area contributed by atoms with E-state index < -0.39 is 17.7 Å². The van der Waals surface area contributed by atoms with Crippen LogP contribution >= 0.6 is 0 Å². The number of carbonyl (C=O) groups is 2. The van der Waals surface area contributed by atoms with Gasteiger partial charge in [-0.2, -0.15) is 0 Å². The van der Waals surface area contributed by atoms with Crippen LogP contribution in [0.3, 0.4) is 0 Å². The van der Waals surface area contributed by atoms with Crippen molar-refractivity contribution in [3.05, 3.63) is 65.5 Å². The van der Waals surface area contributed by atoms with Crippen LogP contribution in [0.15, 0.2) is 48.5 Å². The Morgan fingerprint density at radius 3 is 2.32 bits per heavy atom. The number of halogens is 1. The molecule has 25 heavy (non-hydrogen) atoms. The molecule has 2 aromatic rings. The van der Waals surface area contributed by atoms with Crippen LogP contribution in [0.1, 0.15) is 23.5 Å². The number of carboxylic acids is 1. The van der Waals surface area contributed by atoms with Crippen LogP contribution in [-0.4, -0.2) is 30.6 Å². The molecule has 0 heterocycles. The molecule has 0 spiro atoms. The van der Waals surface area contributed by atoms with Gasteiger partial charge in [-0.15, -0.1) is 0 Å². The number of rotatable bonds is 8. The molecule has 2 N–H and O–H groups in total. The summed E-state index contributed by atoms with van der Waals surface area (Å²) in [6.07, 6.45) is 0.798. The molecule has 0 radical (unpaired) electrons. The van der Waals surface area contributed by atoms with Crippen molar-refractivity contribution in [2.45, 2.75) is 18.8 Å². The number of hydrogen-bond donors (Lipinski definition) is 2. The van der Waals surface area contributed by atoms with Crippen LogP contribution in [0.5, 0.6) is 5.75 Å². The lowest BCUT2D eigenvalue weighted by atomic mass is 9.99. The molecule has 5 nitrogen and oxygen atoms in total. The maximum Gasteiger partial charge on any atom is 0.312 e. The molecule has 2 rings (SSSR count). The van der Waals surface area contributed by atoms with Gasteiger partial charge in [0.05, 0.1) is 13.0 Å². The largest absolute Gasteiger partial charge is 0.497 e. The minimum Gasteiger partial charge on any atom is -0.497 e. The van der Waals surface area contributed by atoms with E-state index in [2.05, 4.69) is 5.32 Å². The van der Waals surface area contributed by atoms with E-state index >= 15 is 0 Å². The molecule has 0 saturated carbocycles. The quantitative estimate of drug-likeness (QED) is 0.771. The van der Waals surface area contributed by atoms with Crippen molar-refractivity contribution in [2.24, 2.45) is 0 Å². The first kappa shape index (κ1) is 18.4. The highest BCUT2D eigenvalue weighted by Gasteiger charge is 2.20. The number of carboxylic acid groups (broad SMARTS) is 1. The van der Waals surface area contributed by atoms with E-state index in [1.54, 1.807) is 7.11 Å². The molecular formula is C19H20FNO4. The molecule has 6 heteroatoms. The summed E-state index contributed by atoms with van der Waals surface area (Å²) in [6, 6.07) is 12.6. The van der Waals surface area contributed by atoms with E-state index in [0.29, 0.717) is 12.0 Å². The van der Waals surface area contributed by atoms with Crippen molar-refractivity contribution in [1.82, 2.24) is 5.32 Å². The summed E-state index contributed by atoms with van der Waals surface area (Å²) < 4.78 is 18.0. The summed E-state index contributed by atoms with van der Waals surface area (Å²) in [6.45, 7) is -0.0393. The lowest BCUT2D eigenvalue weighted by molar-refractivity contribution is -0.138. The number of benzene rings is 2. The van der Waals surface area contributed by atoms with Crippen molar-refractivity contribution < 1.29 is 23.8 Å². The Balaban J connectivity index is 1.86. The number of nitrogens with one attached hydrogen (secondary N) is 1. The number of hydrogen-bond acceptors (Lipinski definition) is 3. The number of aryl methyl sites for hydroxylation is 1. The highest BCUT2D eigenvalue weighted by molar-refractivity contribution is 5.80. The molecule has 0 bridgehead atoms. The van der Waals surface area contributed by atoms with Crippen molar-refractivity contribution in [1.29, 1.82) is 0 Å². The monoisotopic (exact) mass is 345 g/mol. The molecule has 0 saturated heterocycles. The van der Waals surface area contributed by atoms with E-state index in [9.17, 15) is 19.1 Å². The molecule has 0 fully saturated rings. The third kappa shape index (κ3) is 5.60. The van der Waals surface area contributed by atoms with Crippen LogP contribution in [-0.2, 0) is 16.0 Å². The van der Waals surface area contributed by atoms with Gasteiger partial charge in [-0.05, 0) is 41.8 Å². The number of carbonyl (C=O) groups excluding carboxylic acids is 1. The van der Waals surface area contributed by atoms with Gasteiger partial charge in [0.1, 0.15) is 11.6 Å². The van der Waals surface area contributed by atoms with Gasteiger partial charge in [-0.3, -0.25) is 9.59 Å². The number of methoxy groups -OCH3 is 1. The van der Waals surface area contributed by atoms with Gasteiger partial charge in [0.15, 0.2) is 0 Å². The van der Waals surface area contributed by atoms with E-state index in [1.807, 2.05) is 24.3 Å². The van der Waals surface area contributed by atoms with Crippen LogP contribution < -0.4 is 10.1 Å². The molecule has 0 aliphatic rings. The van der Waals surface area contributed by atoms with Gasteiger partial charge in [0.2, 0.25) is 5.91 Å². The number of ether oxygens (including phenoxy) is 1. The summed E-state index contributed by atoms with van der Waals surface area (Å²) in [4.78, 5) is 23.3. The molecule has 0 aliphatic heterocycles. The van der Waals surface area contributed by atoms with E-state index in [1.165, 1.54) is 24.3 Å². The summed E-state index contributed by atoms with van der Waals surface area (Å²) in [5.41, 5.74) is 1.44. The lowest BCUT2D eigenvalue weighted by Crippen LogP contribution is -2.31. The fourth-order valence-electron chi connectivity index (χ4n) is 2.40. The van der Waals surface area contributed by atoms with Gasteiger partial charge in [-0.25, -0.2) is 4.39 Å². The smallest absolute Gasteiger partial charge is 0.312 e. The zero-order chi connectivity index (χ0) is 18.2. The zero-order valence-electron chi connectivity index (χ0n) is 13.9. The van der Waals surface area contributed by atoms with Crippen molar-refractivity contribution in [3.8, 4) is 5.75 Å². The van der Waals surface area contributed by atoms with Gasteiger partial charge in [0.25, 0.3) is 0 Å². The summed E-state index contributed by atoms with van der Waals surface area (Å²) in [5.74, 6) is -1.90. The molecule has 1 unspecified atom stereocenters. The molecule has 132 valence electrons. The SMILES string of the molecule is COc1ccc(CCC(=O)NCC(C(=O)O)c2ccc(F)cc2)cc1. The van der Waals surface area contributed by atoms with E-state index in [0.717, 1.165) is 11.3 Å². The maximum atomic E-state index is 12.9. The van der Waals surface area contributed by atoms with Crippen LogP contribution in [0.25, 0.3) is 0 Å². The van der Waals surface area contributed by atoms with Crippen molar-refractivity contribution in [2.75, 3.05) is 13.7 Å². The van der Waals surface area contributed by atoms with Crippen LogP contribution in [0.2, 0.25) is 0 Å². The Morgan fingerprint density at radius 1 is 1.12 bits per heavy atom. The van der Waals surface area contributed by atoms with Gasteiger partial charge >= 0.3 is 5.97 Å². The standard InChI is InChI=1S/C19H20FNO4/c1-25-16-9-2-13(3-10-16)4-11-18(22)21-12-17(19(23)24)14-5-7-15(20)8-6-14/h2-3,5-10,17H,4,11-12H2,1H3,(H,21,22)(H,23,24). The van der Waals surface area contributed by atoms with E-state index in [4.69, 9.17) is 4.74 Å². The second-order valence-corrected chi connectivity index (χ2v) is 5.59. The summed E-state index contributed by atoms with van der Waals surface area (Å²) in [7, 11) is 1.59. The minimum absolute atomic E-state index is 0.0393. The first-order valence-corrected chi connectivity index (χ1v) is 7.87. The maximum absolute atomic E-state index is 12.9. The third-order valence-electron chi connectivity index (χ3n) is 3.87. The summed E-state index contributed by atoms with van der Waals surface area (Å²) >= 11 is 0. The number of aliphatic carboxylic acids is 1. The predicted octanol–water partition coefficient (Wildman–Crippen LogP) is 2.75. The van der Waals surface area contributed by atoms with Gasteiger partial charge in [0, 0.05) is 13.0 Å². The average molecular weight is 345 g/mol. The molecule has 1 atom stereocenters. The van der Waals surface area contributed by atoms with Gasteiger partial charge < -0.3 is 15.2 Å². The molecule has 0 aliphatic carbocycles. The highest BCUT2D eigenvalue weighted by Crippen LogP contribution is 2.16. The fourth-order valence-corrected chi connectivity index (χ4v) is 2.40. The van der Waals surface area contributed by atoms with Crippen molar-refractivity contribution >= 4 is 11.9 Å². The van der Waals surface area contributed by atoms with Crippen molar-refractivity contribution in [3.63, 3.8) is 0 Å². The molecular weight excluding hydrogens is 325 g/mol. The Morgan fingerprint density at radius 2 is 1.76 bits per heavy atom. The highest BCUT2D eigenvalue weighted by atomic mass is 19.1. The third-order valence-corrected chi connectivity index (χ3v) is 3.87. The minimum atomic E-state index is -1.07. The predicted molar refractivity (Wildman–Crippen MR) is 91.1 cm³/mol. The van der Waals surface area contributed by atoms with Gasteiger partial charge in [-0.1, -0.05) is 24.3 Å². The first-order chi connectivity index (χ1) is 12.0. The Hall–Kier alpha value is -2.89. The lowest BCUT2D eigenvalue weighted by Gasteiger charge is -2.14. The zero-order valence-corrected chi connectivity index (χ0v) is 13.9. The normalized spacial score (nSPS) is 11.6. The molecule has 0 aromatic heterocycles. The molecule has 1 amide bonds. The topological polar surface area (TPSA) is 75.6 Å². The summed E-state index contributed by atoms with van der Waals surface area (Å²) in [5, 5.41) is 11.9. The Bertz CT molecular complexity index is 713. The second kappa shape index (κ2) is 8.82.